The van der Waals surface area contributed by atoms with Crippen LogP contribution < -0.4 is 0 Å². The van der Waals surface area contributed by atoms with Gasteiger partial charge in [-0.3, -0.25) is 9.78 Å². The summed E-state index contributed by atoms with van der Waals surface area (Å²) in [5.74, 6) is -0.515. The van der Waals surface area contributed by atoms with E-state index in [2.05, 4.69) is 4.98 Å². The third-order valence-corrected chi connectivity index (χ3v) is 2.75. The second-order valence-corrected chi connectivity index (χ2v) is 4.15. The van der Waals surface area contributed by atoms with Crippen molar-refractivity contribution in [2.45, 2.75) is 6.18 Å². The Balaban J connectivity index is 2.34. The number of rotatable bonds is 2. The van der Waals surface area contributed by atoms with Gasteiger partial charge in [0.05, 0.1) is 10.6 Å². The molecule has 98 valence electrons. The van der Waals surface area contributed by atoms with Crippen molar-refractivity contribution in [2.75, 3.05) is 0 Å². The van der Waals surface area contributed by atoms with Gasteiger partial charge in [0, 0.05) is 11.8 Å². The minimum atomic E-state index is -4.43. The van der Waals surface area contributed by atoms with Gasteiger partial charge in [0.15, 0.2) is 0 Å². The lowest BCUT2D eigenvalue weighted by Crippen LogP contribution is -2.08. The molecule has 0 fully saturated rings. The second kappa shape index (κ2) is 5.01. The number of hydrogen-bond donors (Lipinski definition) is 0. The summed E-state index contributed by atoms with van der Waals surface area (Å²) in [4.78, 5) is 15.8. The molecule has 0 aliphatic rings. The first kappa shape index (κ1) is 13.5. The van der Waals surface area contributed by atoms with Gasteiger partial charge in [-0.05, 0) is 24.3 Å². The molecule has 0 atom stereocenters. The highest BCUT2D eigenvalue weighted by Gasteiger charge is 2.30. The van der Waals surface area contributed by atoms with Crippen LogP contribution in [0.4, 0.5) is 13.2 Å². The van der Waals surface area contributed by atoms with Crippen LogP contribution >= 0.6 is 11.6 Å². The Bertz CT molecular complexity index is 608. The van der Waals surface area contributed by atoms with Gasteiger partial charge in [-0.2, -0.15) is 13.2 Å². The quantitative estimate of drug-likeness (QED) is 0.781. The van der Waals surface area contributed by atoms with Gasteiger partial charge in [-0.15, -0.1) is 0 Å². The fourth-order valence-corrected chi connectivity index (χ4v) is 1.71. The fraction of sp³-hybridized carbons (Fsp3) is 0.0769. The molecule has 0 saturated heterocycles. The van der Waals surface area contributed by atoms with Crippen LogP contribution in [0.25, 0.3) is 0 Å². The molecule has 1 heterocycles. The lowest BCUT2D eigenvalue weighted by atomic mass is 10.1. The Kier molecular flexibility index (Phi) is 3.57. The summed E-state index contributed by atoms with van der Waals surface area (Å²) < 4.78 is 37.2. The summed E-state index contributed by atoms with van der Waals surface area (Å²) in [5, 5.41) is 0.160. The maximum Gasteiger partial charge on any atom is 0.416 e. The van der Waals surface area contributed by atoms with E-state index in [1.165, 1.54) is 12.3 Å². The Hall–Kier alpha value is -1.88. The number of hydrogen-bond acceptors (Lipinski definition) is 2. The van der Waals surface area contributed by atoms with Crippen LogP contribution in [0, 0.1) is 0 Å². The summed E-state index contributed by atoms with van der Waals surface area (Å²) in [7, 11) is 0. The number of nitrogens with zero attached hydrogens (tertiary/aromatic N) is 1. The van der Waals surface area contributed by atoms with Gasteiger partial charge in [-0.1, -0.05) is 23.7 Å². The minimum Gasteiger partial charge on any atom is -0.287 e. The van der Waals surface area contributed by atoms with Crippen molar-refractivity contribution >= 4 is 17.4 Å². The van der Waals surface area contributed by atoms with Crippen molar-refractivity contribution in [1.29, 1.82) is 0 Å². The summed E-state index contributed by atoms with van der Waals surface area (Å²) in [6.45, 7) is 0. The maximum atomic E-state index is 12.4. The van der Waals surface area contributed by atoms with Crippen LogP contribution in [-0.2, 0) is 6.18 Å². The number of aromatic nitrogens is 1. The Morgan fingerprint density at radius 1 is 1.11 bits per heavy atom. The van der Waals surface area contributed by atoms with E-state index in [0.29, 0.717) is 0 Å². The number of benzene rings is 1. The highest BCUT2D eigenvalue weighted by Crippen LogP contribution is 2.29. The topological polar surface area (TPSA) is 30.0 Å². The van der Waals surface area contributed by atoms with Crippen LogP contribution in [-0.4, -0.2) is 10.8 Å². The Morgan fingerprint density at radius 2 is 1.74 bits per heavy atom. The number of pyridine rings is 1. The molecular weight excluding hydrogens is 279 g/mol. The molecule has 19 heavy (non-hydrogen) atoms. The van der Waals surface area contributed by atoms with E-state index in [4.69, 9.17) is 11.6 Å². The summed E-state index contributed by atoms with van der Waals surface area (Å²) in [6.07, 6.45) is -3.03. The van der Waals surface area contributed by atoms with Crippen molar-refractivity contribution in [3.63, 3.8) is 0 Å². The summed E-state index contributed by atoms with van der Waals surface area (Å²) in [6, 6.07) is 6.97. The normalized spacial score (nSPS) is 11.4. The van der Waals surface area contributed by atoms with Gasteiger partial charge in [0.1, 0.15) is 5.69 Å². The predicted octanol–water partition coefficient (Wildman–Crippen LogP) is 3.98. The molecule has 2 aromatic rings. The van der Waals surface area contributed by atoms with E-state index in [0.717, 1.165) is 24.3 Å². The smallest absolute Gasteiger partial charge is 0.287 e. The standard InChI is InChI=1S/C13H7ClF3NO/c14-10-2-1-7-18-11(10)12(19)8-3-5-9(6-4-8)13(15,16)17/h1-7H. The number of halogens is 4. The van der Waals surface area contributed by atoms with E-state index in [9.17, 15) is 18.0 Å². The monoisotopic (exact) mass is 285 g/mol. The fourth-order valence-electron chi connectivity index (χ4n) is 1.50. The number of alkyl halides is 3. The molecule has 0 aliphatic heterocycles. The van der Waals surface area contributed by atoms with E-state index >= 15 is 0 Å². The molecule has 6 heteroatoms. The van der Waals surface area contributed by atoms with Crippen molar-refractivity contribution in [2.24, 2.45) is 0 Å². The Labute approximate surface area is 111 Å². The molecule has 0 aliphatic carbocycles. The zero-order valence-corrected chi connectivity index (χ0v) is 10.2. The van der Waals surface area contributed by atoms with Gasteiger partial charge in [-0.25, -0.2) is 0 Å². The van der Waals surface area contributed by atoms with Crippen LogP contribution in [0.3, 0.4) is 0 Å². The molecule has 0 saturated carbocycles. The van der Waals surface area contributed by atoms with Gasteiger partial charge in [0.2, 0.25) is 5.78 Å². The van der Waals surface area contributed by atoms with Gasteiger partial charge < -0.3 is 0 Å². The molecule has 2 rings (SSSR count). The third-order valence-electron chi connectivity index (χ3n) is 2.45. The number of carbonyl (C=O) groups is 1. The van der Waals surface area contributed by atoms with E-state index in [-0.39, 0.29) is 16.3 Å². The van der Waals surface area contributed by atoms with Crippen LogP contribution in [0.2, 0.25) is 5.02 Å². The first-order valence-electron chi connectivity index (χ1n) is 5.22. The maximum absolute atomic E-state index is 12.4. The van der Waals surface area contributed by atoms with Crippen molar-refractivity contribution in [1.82, 2.24) is 4.98 Å². The zero-order chi connectivity index (χ0) is 14.0. The number of ketones is 1. The average molecular weight is 286 g/mol. The molecule has 0 bridgehead atoms. The SMILES string of the molecule is O=C(c1ccc(C(F)(F)F)cc1)c1ncccc1Cl. The molecule has 1 aromatic carbocycles. The first-order valence-corrected chi connectivity index (χ1v) is 5.60. The Morgan fingerprint density at radius 3 is 2.26 bits per heavy atom. The molecule has 1 aromatic heterocycles. The van der Waals surface area contributed by atoms with Crippen molar-refractivity contribution in [3.8, 4) is 0 Å². The lowest BCUT2D eigenvalue weighted by molar-refractivity contribution is -0.137. The first-order chi connectivity index (χ1) is 8.89. The van der Waals surface area contributed by atoms with Crippen LogP contribution in [0.15, 0.2) is 42.6 Å². The third kappa shape index (κ3) is 2.93. The molecule has 0 spiro atoms. The van der Waals surface area contributed by atoms with Gasteiger partial charge in [0.25, 0.3) is 0 Å². The summed E-state index contributed by atoms with van der Waals surface area (Å²) >= 11 is 5.81. The van der Waals surface area contributed by atoms with E-state index in [1.54, 1.807) is 6.07 Å². The van der Waals surface area contributed by atoms with Crippen LogP contribution in [0.5, 0.6) is 0 Å². The lowest BCUT2D eigenvalue weighted by Gasteiger charge is -2.07. The largest absolute Gasteiger partial charge is 0.416 e. The molecule has 0 amide bonds. The molecule has 0 unspecified atom stereocenters. The van der Waals surface area contributed by atoms with Crippen molar-refractivity contribution in [3.05, 3.63) is 64.4 Å². The minimum absolute atomic E-state index is 0.0175. The average Bonchev–Trinajstić information content (AvgIpc) is 2.38. The highest BCUT2D eigenvalue weighted by atomic mass is 35.5. The van der Waals surface area contributed by atoms with E-state index in [1.807, 2.05) is 0 Å². The molecule has 2 nitrogen and oxygen atoms in total. The highest BCUT2D eigenvalue weighted by molar-refractivity contribution is 6.34. The second-order valence-electron chi connectivity index (χ2n) is 3.74. The molecule has 0 radical (unpaired) electrons. The predicted molar refractivity (Wildman–Crippen MR) is 64.1 cm³/mol. The van der Waals surface area contributed by atoms with Crippen LogP contribution in [0.1, 0.15) is 21.6 Å². The number of carbonyl (C=O) groups excluding carboxylic acids is 1. The summed E-state index contributed by atoms with van der Waals surface area (Å²) in [5.41, 5.74) is -0.686. The van der Waals surface area contributed by atoms with Crippen molar-refractivity contribution < 1.29 is 18.0 Å². The molecular formula is C13H7ClF3NO. The van der Waals surface area contributed by atoms with E-state index < -0.39 is 17.5 Å². The van der Waals surface area contributed by atoms with Gasteiger partial charge >= 0.3 is 6.18 Å². The molecule has 0 N–H and O–H groups in total. The zero-order valence-electron chi connectivity index (χ0n) is 9.41.